The van der Waals surface area contributed by atoms with Crippen molar-refractivity contribution in [3.63, 3.8) is 0 Å². The minimum absolute atomic E-state index is 0.903. The second kappa shape index (κ2) is 20.6. The molecule has 114 valence electrons. The third-order valence-corrected chi connectivity index (χ3v) is 2.83. The van der Waals surface area contributed by atoms with Crippen LogP contribution in [-0.2, 0) is 0 Å². The number of rotatable bonds is 8. The summed E-state index contributed by atoms with van der Waals surface area (Å²) in [6, 6.07) is 0. The summed E-state index contributed by atoms with van der Waals surface area (Å²) in [4.78, 5) is 0. The van der Waals surface area contributed by atoms with Gasteiger partial charge < -0.3 is 0 Å². The van der Waals surface area contributed by atoms with Gasteiger partial charge in [0.1, 0.15) is 0 Å². The van der Waals surface area contributed by atoms with E-state index >= 15 is 0 Å². The molecule has 21 heavy (non-hydrogen) atoms. The van der Waals surface area contributed by atoms with Crippen LogP contribution < -0.4 is 0 Å². The molecule has 0 saturated carbocycles. The van der Waals surface area contributed by atoms with Crippen LogP contribution in [0.2, 0.25) is 0 Å². The molecule has 0 heterocycles. The topological polar surface area (TPSA) is 0 Å². The third kappa shape index (κ3) is 27.4. The van der Waals surface area contributed by atoms with Gasteiger partial charge in [-0.05, 0) is 48.4 Å². The summed E-state index contributed by atoms with van der Waals surface area (Å²) in [5, 5.41) is 0. The Kier molecular flexibility index (Phi) is 21.1. The Bertz CT molecular complexity index is 426. The first-order valence-electron chi connectivity index (χ1n) is 8.06. The molecule has 0 aromatic heterocycles. The normalized spacial score (nSPS) is 7.81. The van der Waals surface area contributed by atoms with Crippen LogP contribution in [0.1, 0.15) is 79.1 Å². The predicted molar refractivity (Wildman–Crippen MR) is 95.3 cm³/mol. The fourth-order valence-electron chi connectivity index (χ4n) is 1.70. The van der Waals surface area contributed by atoms with Crippen molar-refractivity contribution in [3.8, 4) is 47.9 Å². The van der Waals surface area contributed by atoms with Gasteiger partial charge in [-0.25, -0.2) is 0 Å². The first-order valence-corrected chi connectivity index (χ1v) is 8.06. The van der Waals surface area contributed by atoms with Crippen LogP contribution in [-0.4, -0.2) is 0 Å². The van der Waals surface area contributed by atoms with Crippen LogP contribution in [0, 0.1) is 53.8 Å². The van der Waals surface area contributed by atoms with E-state index in [-0.39, 0.29) is 0 Å². The second-order valence-electron chi connectivity index (χ2n) is 5.32. The van der Waals surface area contributed by atoms with E-state index in [1.807, 2.05) is 0 Å². The number of unbranched alkanes of at least 4 members (excludes halogenated alkanes) is 6. The first-order chi connectivity index (χ1) is 10.2. The minimum atomic E-state index is 0.903. The molecule has 0 bridgehead atoms. The highest BCUT2D eigenvalue weighted by molar-refractivity contribution is 5.38. The average Bonchev–Trinajstić information content (AvgIpc) is 2.47. The Morgan fingerprint density at radius 3 is 1.81 bits per heavy atom. The van der Waals surface area contributed by atoms with E-state index in [0.717, 1.165) is 5.92 Å². The van der Waals surface area contributed by atoms with Gasteiger partial charge in [0.2, 0.25) is 0 Å². The molecular weight excluding hydrogens is 252 g/mol. The zero-order chi connectivity index (χ0) is 16.2. The van der Waals surface area contributed by atoms with Gasteiger partial charge >= 0.3 is 0 Å². The average molecular weight is 282 g/mol. The van der Waals surface area contributed by atoms with Crippen molar-refractivity contribution >= 4 is 0 Å². The quantitative estimate of drug-likeness (QED) is 0.411. The van der Waals surface area contributed by atoms with E-state index in [9.17, 15) is 0 Å². The van der Waals surface area contributed by atoms with Crippen molar-refractivity contribution in [1.82, 2.24) is 0 Å². The Balaban J connectivity index is 0. The van der Waals surface area contributed by atoms with Gasteiger partial charge in [-0.1, -0.05) is 78.1 Å². The molecule has 0 saturated heterocycles. The number of terminal acetylenes is 1. The highest BCUT2D eigenvalue weighted by Crippen LogP contribution is 2.11. The van der Waals surface area contributed by atoms with Crippen molar-refractivity contribution in [2.45, 2.75) is 79.1 Å². The molecule has 0 aliphatic rings. The van der Waals surface area contributed by atoms with Crippen molar-refractivity contribution in [2.75, 3.05) is 0 Å². The van der Waals surface area contributed by atoms with E-state index in [0.29, 0.717) is 0 Å². The molecule has 0 amide bonds. The lowest BCUT2D eigenvalue weighted by Gasteiger charge is -2.03. The molecule has 0 aromatic carbocycles. The molecular formula is C21H30. The van der Waals surface area contributed by atoms with Gasteiger partial charge in [0.05, 0.1) is 0 Å². The number of hydrogen-bond acceptors (Lipinski definition) is 0. The van der Waals surface area contributed by atoms with Crippen LogP contribution in [0.3, 0.4) is 0 Å². The number of hydrogen-bond donors (Lipinski definition) is 0. The van der Waals surface area contributed by atoms with Crippen LogP contribution >= 0.6 is 0 Å². The smallest absolute Gasteiger partial charge is 0.0000348 e. The molecule has 0 atom stereocenters. The summed E-state index contributed by atoms with van der Waals surface area (Å²) in [6.45, 7) is 8.62. The fraction of sp³-hybridized carbons (Fsp3) is 0.619. The standard InChI is InChI=1S/C12H26.C9H4/c1-4-5-6-7-8-9-10-11-12(2)3;1-3-5-7-9-8-6-4-2/h12H,4-11H2,1-3H3;1H,2H3. The van der Waals surface area contributed by atoms with Gasteiger partial charge in [0.25, 0.3) is 0 Å². The Morgan fingerprint density at radius 2 is 1.29 bits per heavy atom. The molecule has 0 aliphatic heterocycles. The molecule has 0 heteroatoms. The Hall–Kier alpha value is -1.76. The van der Waals surface area contributed by atoms with Crippen LogP contribution in [0.4, 0.5) is 0 Å². The Morgan fingerprint density at radius 1 is 0.762 bits per heavy atom. The molecule has 0 nitrogen and oxygen atoms in total. The largest absolute Gasteiger partial charge is 0.106 e. The zero-order valence-corrected chi connectivity index (χ0v) is 14.3. The maximum atomic E-state index is 4.82. The van der Waals surface area contributed by atoms with Gasteiger partial charge in [-0.3, -0.25) is 0 Å². The van der Waals surface area contributed by atoms with Gasteiger partial charge in [-0.2, -0.15) is 0 Å². The van der Waals surface area contributed by atoms with E-state index in [2.05, 4.69) is 62.2 Å². The van der Waals surface area contributed by atoms with Crippen LogP contribution in [0.25, 0.3) is 0 Å². The second-order valence-corrected chi connectivity index (χ2v) is 5.32. The lowest BCUT2D eigenvalue weighted by molar-refractivity contribution is 0.511. The van der Waals surface area contributed by atoms with Gasteiger partial charge in [0.15, 0.2) is 0 Å². The molecule has 0 fully saturated rings. The lowest BCUT2D eigenvalue weighted by Crippen LogP contribution is -1.87. The van der Waals surface area contributed by atoms with Crippen LogP contribution in [0.15, 0.2) is 0 Å². The van der Waals surface area contributed by atoms with Crippen molar-refractivity contribution in [1.29, 1.82) is 0 Å². The fourth-order valence-corrected chi connectivity index (χ4v) is 1.70. The first kappa shape index (κ1) is 21.5. The zero-order valence-electron chi connectivity index (χ0n) is 14.3. The van der Waals surface area contributed by atoms with Crippen molar-refractivity contribution in [3.05, 3.63) is 0 Å². The van der Waals surface area contributed by atoms with E-state index in [1.54, 1.807) is 6.92 Å². The van der Waals surface area contributed by atoms with E-state index < -0.39 is 0 Å². The third-order valence-electron chi connectivity index (χ3n) is 2.83. The SMILES string of the molecule is C#CC#CC#CC#CC.CCCCCCCCCC(C)C. The van der Waals surface area contributed by atoms with Crippen molar-refractivity contribution < 1.29 is 0 Å². The minimum Gasteiger partial charge on any atom is -0.106 e. The summed E-state index contributed by atoms with van der Waals surface area (Å²) in [6.07, 6.45) is 16.3. The molecule has 0 rings (SSSR count). The van der Waals surface area contributed by atoms with Gasteiger partial charge in [0, 0.05) is 0 Å². The summed E-state index contributed by atoms with van der Waals surface area (Å²) >= 11 is 0. The van der Waals surface area contributed by atoms with Crippen molar-refractivity contribution in [2.24, 2.45) is 5.92 Å². The Labute approximate surface area is 133 Å². The summed E-state index contributed by atoms with van der Waals surface area (Å²) in [5.74, 6) is 17.9. The molecule has 0 N–H and O–H groups in total. The lowest BCUT2D eigenvalue weighted by atomic mass is 10.0. The monoisotopic (exact) mass is 282 g/mol. The molecule has 0 aromatic rings. The van der Waals surface area contributed by atoms with Crippen LogP contribution in [0.5, 0.6) is 0 Å². The van der Waals surface area contributed by atoms with E-state index in [4.69, 9.17) is 6.42 Å². The summed E-state index contributed by atoms with van der Waals surface area (Å²) in [7, 11) is 0. The summed E-state index contributed by atoms with van der Waals surface area (Å²) < 4.78 is 0. The highest BCUT2D eigenvalue weighted by Gasteiger charge is 1.93. The molecule has 0 aliphatic carbocycles. The summed E-state index contributed by atoms with van der Waals surface area (Å²) in [5.41, 5.74) is 0. The molecule has 0 radical (unpaired) electrons. The molecule has 0 spiro atoms. The van der Waals surface area contributed by atoms with E-state index in [1.165, 1.54) is 51.4 Å². The highest BCUT2D eigenvalue weighted by atomic mass is 14.0. The maximum Gasteiger partial charge on any atom is -0.0000348 e. The predicted octanol–water partition coefficient (Wildman–Crippen LogP) is 5.43. The van der Waals surface area contributed by atoms with Gasteiger partial charge in [-0.15, -0.1) is 6.42 Å². The maximum absolute atomic E-state index is 4.82. The molecule has 0 unspecified atom stereocenters.